The van der Waals surface area contributed by atoms with Crippen molar-refractivity contribution in [3.05, 3.63) is 107 Å². The van der Waals surface area contributed by atoms with Crippen LogP contribution in [0, 0.1) is 17.8 Å². The lowest BCUT2D eigenvalue weighted by molar-refractivity contribution is -0.144. The molecule has 1 aliphatic carbocycles. The first kappa shape index (κ1) is 50.3. The van der Waals surface area contributed by atoms with Crippen molar-refractivity contribution in [2.75, 3.05) is 6.54 Å². The molecule has 5 atom stereocenters. The van der Waals surface area contributed by atoms with E-state index in [2.05, 4.69) is 5.32 Å². The number of Topliss-reactive ketones (excluding diaryl/α,β-unsaturated/α-hetero) is 4. The Hall–Kier alpha value is -5.71. The van der Waals surface area contributed by atoms with Gasteiger partial charge in [0.05, 0.1) is 29.9 Å². The fourth-order valence-corrected chi connectivity index (χ4v) is 8.80. The number of nitrogens with one attached hydrogen (secondary N) is 1. The van der Waals surface area contributed by atoms with Gasteiger partial charge in [-0.3, -0.25) is 33.6 Å². The summed E-state index contributed by atoms with van der Waals surface area (Å²) in [6.07, 6.45) is -10.0. The molecule has 3 amide bonds. The van der Waals surface area contributed by atoms with Crippen LogP contribution in [0.2, 0.25) is 0 Å². The van der Waals surface area contributed by atoms with Gasteiger partial charge in [-0.05, 0) is 48.4 Å². The summed E-state index contributed by atoms with van der Waals surface area (Å²) in [4.78, 5) is 96.1. The summed E-state index contributed by atoms with van der Waals surface area (Å²) in [6.45, 7) is 1.68. The monoisotopic (exact) mass is 913 g/mol. The second-order valence-electron chi connectivity index (χ2n) is 16.8. The van der Waals surface area contributed by atoms with Crippen LogP contribution >= 0.6 is 0 Å². The van der Waals surface area contributed by atoms with E-state index in [1.165, 1.54) is 4.90 Å². The van der Waals surface area contributed by atoms with E-state index in [0.717, 1.165) is 12.0 Å². The van der Waals surface area contributed by atoms with E-state index in [1.54, 1.807) is 49.4 Å². The number of likely N-dealkylation sites (tertiary alicyclic amines) is 1. The number of hydrogen-bond donors (Lipinski definition) is 2. The maximum Gasteiger partial charge on any atom is 0.417 e. The molecule has 3 aromatic rings. The number of hydrogen-bond acceptors (Lipinski definition) is 8. The molecule has 11 nitrogen and oxygen atoms in total. The van der Waals surface area contributed by atoms with Crippen LogP contribution in [0.15, 0.2) is 78.9 Å². The predicted molar refractivity (Wildman–Crippen MR) is 224 cm³/mol. The maximum atomic E-state index is 14.8. The molecule has 2 unspecified atom stereocenters. The lowest BCUT2D eigenvalue weighted by Crippen LogP contribution is -2.47. The molecule has 0 aromatic heterocycles. The molecular formula is C48H53F6N3O8. The van der Waals surface area contributed by atoms with Gasteiger partial charge in [-0.2, -0.15) is 26.3 Å². The summed E-state index contributed by atoms with van der Waals surface area (Å²) in [7, 11) is 0. The van der Waals surface area contributed by atoms with E-state index in [0.29, 0.717) is 49.8 Å². The highest BCUT2D eigenvalue weighted by atomic mass is 19.4. The average Bonchev–Trinajstić information content (AvgIpc) is 3.72. The minimum Gasteiger partial charge on any atom is -0.372 e. The second-order valence-corrected chi connectivity index (χ2v) is 16.8. The summed E-state index contributed by atoms with van der Waals surface area (Å²) in [5.74, 6) is -8.76. The number of halogens is 6. The number of carbonyl (C=O) groups is 7. The molecule has 0 radical (unpaired) electrons. The third-order valence-corrected chi connectivity index (χ3v) is 12.2. The number of amides is 3. The van der Waals surface area contributed by atoms with Gasteiger partial charge in [0.2, 0.25) is 23.5 Å². The standard InChI is InChI=1S/C48H53F6N3O8/c1-2-12-32(44(62)39(58)21-22-42(61)56-43(45(55)63)31-17-10-5-11-18-31)23-41(60)38-25-34(65-28-29-13-6-3-7-14-29)27-57(38)46(64)36(30-15-8-4-9-16-30)26-40(59)35-20-19-33(47(49,50)51)24-37(35)48(52,53)54/h3,5-7,10-11,13-14,17-20,24,30,32,34,36,38,43H,2,4,8-9,12,15-16,21-23,25-28H2,1H3,(H2,55,63)(H,56,61)/t32?,34-,36?,38+,43-/m1/s1. The zero-order valence-corrected chi connectivity index (χ0v) is 35.9. The number of nitrogens with two attached hydrogens (primary N) is 1. The Bertz CT molecular complexity index is 2180. The van der Waals surface area contributed by atoms with E-state index in [9.17, 15) is 59.9 Å². The van der Waals surface area contributed by atoms with Crippen molar-refractivity contribution in [1.29, 1.82) is 0 Å². The molecule has 3 N–H and O–H groups in total. The van der Waals surface area contributed by atoms with Crippen molar-refractivity contribution in [2.45, 2.75) is 121 Å². The molecule has 17 heteroatoms. The number of ketones is 4. The molecule has 0 spiro atoms. The Morgan fingerprint density at radius 2 is 1.46 bits per heavy atom. The second kappa shape index (κ2) is 22.5. The van der Waals surface area contributed by atoms with Crippen molar-refractivity contribution >= 4 is 40.9 Å². The number of benzene rings is 3. The van der Waals surface area contributed by atoms with Crippen molar-refractivity contribution in [3.63, 3.8) is 0 Å². The molecule has 350 valence electrons. The quantitative estimate of drug-likeness (QED) is 0.0611. The number of alkyl halides is 6. The number of nitrogens with zero attached hydrogens (tertiary/aromatic N) is 1. The number of rotatable bonds is 21. The van der Waals surface area contributed by atoms with Crippen LogP contribution < -0.4 is 11.1 Å². The lowest BCUT2D eigenvalue weighted by Gasteiger charge is -2.34. The Balaban J connectivity index is 1.37. The van der Waals surface area contributed by atoms with Gasteiger partial charge < -0.3 is 20.7 Å². The van der Waals surface area contributed by atoms with Gasteiger partial charge in [0.25, 0.3) is 0 Å². The molecule has 5 rings (SSSR count). The SMILES string of the molecule is CCCC(CC(=O)[C@@H]1C[C@@H](OCc2ccccc2)CN1C(=O)C(CC(=O)c1ccc(C(F)(F)F)cc1C(F)(F)F)C1CCCCC1)C(=O)C(=O)CCC(=O)N[C@@H](C(N)=O)c1ccccc1. The van der Waals surface area contributed by atoms with Crippen LogP contribution in [-0.2, 0) is 52.5 Å². The van der Waals surface area contributed by atoms with Gasteiger partial charge in [-0.15, -0.1) is 0 Å². The zero-order valence-electron chi connectivity index (χ0n) is 35.9. The Morgan fingerprint density at radius 1 is 0.815 bits per heavy atom. The van der Waals surface area contributed by atoms with Gasteiger partial charge in [0, 0.05) is 56.0 Å². The summed E-state index contributed by atoms with van der Waals surface area (Å²) in [5.41, 5.74) is 2.30. The zero-order chi connectivity index (χ0) is 47.5. The molecule has 0 bridgehead atoms. The normalized spacial score (nSPS) is 18.4. The largest absolute Gasteiger partial charge is 0.417 e. The summed E-state index contributed by atoms with van der Waals surface area (Å²) >= 11 is 0. The Labute approximate surface area is 372 Å². The van der Waals surface area contributed by atoms with E-state index < -0.39 is 132 Å². The fourth-order valence-electron chi connectivity index (χ4n) is 8.80. The molecule has 1 aliphatic heterocycles. The maximum absolute atomic E-state index is 14.8. The van der Waals surface area contributed by atoms with E-state index in [-0.39, 0.29) is 32.1 Å². The molecule has 2 fully saturated rings. The summed E-state index contributed by atoms with van der Waals surface area (Å²) in [5, 5.41) is 2.47. The van der Waals surface area contributed by atoms with Gasteiger partial charge in [-0.1, -0.05) is 99.3 Å². The minimum atomic E-state index is -5.33. The molecule has 1 saturated heterocycles. The number of primary amides is 1. The van der Waals surface area contributed by atoms with E-state index in [1.807, 2.05) is 18.2 Å². The fraction of sp³-hybridized carbons (Fsp3) is 0.479. The van der Waals surface area contributed by atoms with Crippen LogP contribution in [0.4, 0.5) is 26.3 Å². The first-order chi connectivity index (χ1) is 30.8. The van der Waals surface area contributed by atoms with Gasteiger partial charge in [-0.25, -0.2) is 0 Å². The molecular weight excluding hydrogens is 861 g/mol. The van der Waals surface area contributed by atoms with Crippen LogP contribution in [0.3, 0.4) is 0 Å². The van der Waals surface area contributed by atoms with Crippen LogP contribution in [0.1, 0.15) is 123 Å². The highest BCUT2D eigenvalue weighted by Gasteiger charge is 2.46. The number of carbonyl (C=O) groups excluding carboxylic acids is 7. The Kier molecular flexibility index (Phi) is 17.4. The Morgan fingerprint density at radius 3 is 2.06 bits per heavy atom. The van der Waals surface area contributed by atoms with Crippen molar-refractivity contribution in [1.82, 2.24) is 10.2 Å². The minimum absolute atomic E-state index is 0.0382. The average molecular weight is 914 g/mol. The molecule has 1 heterocycles. The highest BCUT2D eigenvalue weighted by molar-refractivity contribution is 6.38. The third kappa shape index (κ3) is 13.7. The first-order valence-electron chi connectivity index (χ1n) is 21.8. The van der Waals surface area contributed by atoms with Crippen LogP contribution in [-0.4, -0.2) is 64.4 Å². The van der Waals surface area contributed by atoms with Crippen LogP contribution in [0.5, 0.6) is 0 Å². The third-order valence-electron chi connectivity index (χ3n) is 12.2. The van der Waals surface area contributed by atoms with Crippen molar-refractivity contribution in [2.24, 2.45) is 23.5 Å². The van der Waals surface area contributed by atoms with E-state index in [4.69, 9.17) is 10.5 Å². The van der Waals surface area contributed by atoms with E-state index >= 15 is 0 Å². The molecule has 65 heavy (non-hydrogen) atoms. The molecule has 2 aliphatic rings. The van der Waals surface area contributed by atoms with Crippen LogP contribution in [0.25, 0.3) is 0 Å². The predicted octanol–water partition coefficient (Wildman–Crippen LogP) is 8.32. The molecule has 3 aromatic carbocycles. The summed E-state index contributed by atoms with van der Waals surface area (Å²) < 4.78 is 89.2. The van der Waals surface area contributed by atoms with Gasteiger partial charge >= 0.3 is 12.4 Å². The first-order valence-corrected chi connectivity index (χ1v) is 21.8. The van der Waals surface area contributed by atoms with Crippen molar-refractivity contribution < 1.29 is 64.6 Å². The topological polar surface area (TPSA) is 170 Å². The summed E-state index contributed by atoms with van der Waals surface area (Å²) in [6, 6.07) is 15.5. The smallest absolute Gasteiger partial charge is 0.372 e. The lowest BCUT2D eigenvalue weighted by atomic mass is 9.76. The van der Waals surface area contributed by atoms with Gasteiger partial charge in [0.15, 0.2) is 17.3 Å². The van der Waals surface area contributed by atoms with Crippen molar-refractivity contribution in [3.8, 4) is 0 Å². The highest BCUT2D eigenvalue weighted by Crippen LogP contribution is 2.40. The molecule has 1 saturated carbocycles. The number of ether oxygens (including phenoxy) is 1. The van der Waals surface area contributed by atoms with Gasteiger partial charge in [0.1, 0.15) is 6.04 Å².